The fourth-order valence-corrected chi connectivity index (χ4v) is 3.39. The molecule has 1 radical (unpaired) electrons. The second-order valence-corrected chi connectivity index (χ2v) is 5.42. The van der Waals surface area contributed by atoms with Gasteiger partial charge in [0, 0.05) is 11.3 Å². The molecule has 0 N–H and O–H groups in total. The smallest absolute Gasteiger partial charge is 0.0345 e. The Bertz CT molecular complexity index is 708. The lowest BCUT2D eigenvalue weighted by molar-refractivity contribution is 1.54. The zero-order valence-corrected chi connectivity index (χ0v) is 10.6. The van der Waals surface area contributed by atoms with Gasteiger partial charge in [-0.25, -0.2) is 0 Å². The first kappa shape index (κ1) is 10.1. The molecule has 1 heteroatoms. The summed E-state index contributed by atoms with van der Waals surface area (Å²) in [5.41, 5.74) is 6.75. The largest absolute Gasteiger partial charge is 0.144 e. The van der Waals surface area contributed by atoms with E-state index in [9.17, 15) is 0 Å². The Morgan fingerprint density at radius 2 is 1.50 bits per heavy atom. The van der Waals surface area contributed by atoms with E-state index in [0.29, 0.717) is 0 Å². The number of fused-ring (bicyclic) bond motifs is 3. The molecule has 85 valence electrons. The van der Waals surface area contributed by atoms with Crippen LogP contribution in [0.5, 0.6) is 0 Å². The number of rotatable bonds is 1. The molecule has 0 bridgehead atoms. The topological polar surface area (TPSA) is 0 Å². The zero-order chi connectivity index (χ0) is 11.9. The summed E-state index contributed by atoms with van der Waals surface area (Å²) in [4.78, 5) is 1.34. The van der Waals surface area contributed by atoms with E-state index in [1.807, 2.05) is 0 Å². The highest BCUT2D eigenvalue weighted by molar-refractivity contribution is 7.13. The molecule has 3 aromatic rings. The lowest BCUT2D eigenvalue weighted by atomic mass is 10.0. The molecule has 0 saturated carbocycles. The molecule has 1 aliphatic carbocycles. The molecule has 1 aromatic heterocycles. The molecule has 2 aromatic carbocycles. The van der Waals surface area contributed by atoms with Gasteiger partial charge in [0.05, 0.1) is 0 Å². The molecule has 0 amide bonds. The van der Waals surface area contributed by atoms with Crippen molar-refractivity contribution in [1.29, 1.82) is 0 Å². The molecule has 0 fully saturated rings. The van der Waals surface area contributed by atoms with Crippen LogP contribution >= 0.6 is 11.3 Å². The van der Waals surface area contributed by atoms with Crippen molar-refractivity contribution >= 4 is 11.3 Å². The minimum absolute atomic E-state index is 1.33. The van der Waals surface area contributed by atoms with Crippen LogP contribution in [0.3, 0.4) is 0 Å². The summed E-state index contributed by atoms with van der Waals surface area (Å²) in [6.07, 6.45) is 2.31. The van der Waals surface area contributed by atoms with E-state index in [1.165, 1.54) is 32.7 Å². The lowest BCUT2D eigenvalue weighted by Gasteiger charge is -2.06. The van der Waals surface area contributed by atoms with E-state index >= 15 is 0 Å². The SMILES string of the molecule is [CH]1c2ccccc2-c2cccc(-c3cccs3)c21. The van der Waals surface area contributed by atoms with E-state index in [0.717, 1.165) is 0 Å². The van der Waals surface area contributed by atoms with Gasteiger partial charge in [0.15, 0.2) is 0 Å². The van der Waals surface area contributed by atoms with E-state index in [1.54, 1.807) is 11.3 Å². The van der Waals surface area contributed by atoms with Gasteiger partial charge in [-0.1, -0.05) is 48.5 Å². The number of benzene rings is 2. The fraction of sp³-hybridized carbons (Fsp3) is 0. The van der Waals surface area contributed by atoms with Crippen molar-refractivity contribution < 1.29 is 0 Å². The molecule has 0 spiro atoms. The molecule has 0 aliphatic heterocycles. The minimum Gasteiger partial charge on any atom is -0.144 e. The van der Waals surface area contributed by atoms with Crippen molar-refractivity contribution in [1.82, 2.24) is 0 Å². The van der Waals surface area contributed by atoms with Gasteiger partial charge in [-0.2, -0.15) is 0 Å². The van der Waals surface area contributed by atoms with Gasteiger partial charge in [0.25, 0.3) is 0 Å². The Hall–Kier alpha value is -1.86. The second-order valence-electron chi connectivity index (χ2n) is 4.48. The highest BCUT2D eigenvalue weighted by atomic mass is 32.1. The first-order valence-electron chi connectivity index (χ1n) is 6.04. The van der Waals surface area contributed by atoms with Crippen molar-refractivity contribution in [3.63, 3.8) is 0 Å². The first-order chi connectivity index (χ1) is 8.93. The lowest BCUT2D eigenvalue weighted by Crippen LogP contribution is -1.83. The predicted molar refractivity (Wildman–Crippen MR) is 77.7 cm³/mol. The molecule has 4 rings (SSSR count). The van der Waals surface area contributed by atoms with Crippen molar-refractivity contribution in [3.05, 3.63) is 77.5 Å². The number of thiophene rings is 1. The Labute approximate surface area is 111 Å². The average molecular weight is 247 g/mol. The third-order valence-electron chi connectivity index (χ3n) is 3.44. The molecule has 1 heterocycles. The first-order valence-corrected chi connectivity index (χ1v) is 6.92. The van der Waals surface area contributed by atoms with Gasteiger partial charge in [0.2, 0.25) is 0 Å². The summed E-state index contributed by atoms with van der Waals surface area (Å²) in [7, 11) is 0. The van der Waals surface area contributed by atoms with Gasteiger partial charge in [-0.15, -0.1) is 11.3 Å². The van der Waals surface area contributed by atoms with Crippen LogP contribution in [-0.4, -0.2) is 0 Å². The van der Waals surface area contributed by atoms with Crippen LogP contribution < -0.4 is 0 Å². The average Bonchev–Trinajstić information content (AvgIpc) is 3.05. The minimum atomic E-state index is 1.33. The van der Waals surface area contributed by atoms with Crippen LogP contribution in [0.15, 0.2) is 60.0 Å². The molecule has 0 atom stereocenters. The maximum atomic E-state index is 2.31. The highest BCUT2D eigenvalue weighted by Crippen LogP contribution is 2.43. The normalized spacial score (nSPS) is 12.2. The van der Waals surface area contributed by atoms with Gasteiger partial charge >= 0.3 is 0 Å². The van der Waals surface area contributed by atoms with Crippen LogP contribution in [0.2, 0.25) is 0 Å². The monoisotopic (exact) mass is 247 g/mol. The quantitative estimate of drug-likeness (QED) is 0.444. The molecule has 1 aliphatic rings. The van der Waals surface area contributed by atoms with Crippen LogP contribution in [-0.2, 0) is 0 Å². The summed E-state index contributed by atoms with van der Waals surface area (Å²) in [5.74, 6) is 0. The molecule has 0 unspecified atom stereocenters. The molecular weight excluding hydrogens is 236 g/mol. The summed E-state index contributed by atoms with van der Waals surface area (Å²) < 4.78 is 0. The van der Waals surface area contributed by atoms with Crippen molar-refractivity contribution in [3.8, 4) is 21.6 Å². The molecule has 18 heavy (non-hydrogen) atoms. The van der Waals surface area contributed by atoms with Crippen molar-refractivity contribution in [2.45, 2.75) is 0 Å². The fourth-order valence-electron chi connectivity index (χ4n) is 2.63. The van der Waals surface area contributed by atoms with Gasteiger partial charge < -0.3 is 0 Å². The Morgan fingerprint density at radius 1 is 0.667 bits per heavy atom. The van der Waals surface area contributed by atoms with Crippen LogP contribution in [0, 0.1) is 6.42 Å². The summed E-state index contributed by atoms with van der Waals surface area (Å²) in [6, 6.07) is 19.5. The van der Waals surface area contributed by atoms with E-state index < -0.39 is 0 Å². The maximum absolute atomic E-state index is 2.31. The molecule has 0 saturated heterocycles. The Balaban J connectivity index is 1.97. The van der Waals surface area contributed by atoms with Crippen molar-refractivity contribution in [2.24, 2.45) is 0 Å². The second kappa shape index (κ2) is 3.82. The highest BCUT2D eigenvalue weighted by Gasteiger charge is 2.21. The van der Waals surface area contributed by atoms with Gasteiger partial charge in [0.1, 0.15) is 0 Å². The van der Waals surface area contributed by atoms with E-state index in [-0.39, 0.29) is 0 Å². The molecular formula is C17H11S. The third kappa shape index (κ3) is 1.37. The Kier molecular flexibility index (Phi) is 2.14. The van der Waals surface area contributed by atoms with Gasteiger partial charge in [-0.05, 0) is 39.3 Å². The van der Waals surface area contributed by atoms with E-state index in [4.69, 9.17) is 0 Å². The van der Waals surface area contributed by atoms with Gasteiger partial charge in [-0.3, -0.25) is 0 Å². The zero-order valence-electron chi connectivity index (χ0n) is 9.76. The summed E-state index contributed by atoms with van der Waals surface area (Å²) in [5, 5.41) is 2.14. The van der Waals surface area contributed by atoms with Crippen molar-refractivity contribution in [2.75, 3.05) is 0 Å². The summed E-state index contributed by atoms with van der Waals surface area (Å²) in [6.45, 7) is 0. The van der Waals surface area contributed by atoms with E-state index in [2.05, 4.69) is 66.4 Å². The third-order valence-corrected chi connectivity index (χ3v) is 4.35. The van der Waals surface area contributed by atoms with Crippen LogP contribution in [0.25, 0.3) is 21.6 Å². The number of hydrogen-bond acceptors (Lipinski definition) is 1. The van der Waals surface area contributed by atoms with Crippen LogP contribution in [0.4, 0.5) is 0 Å². The molecule has 0 nitrogen and oxygen atoms in total. The summed E-state index contributed by atoms with van der Waals surface area (Å²) >= 11 is 1.80. The van der Waals surface area contributed by atoms with Crippen LogP contribution in [0.1, 0.15) is 11.1 Å². The Morgan fingerprint density at radius 3 is 2.39 bits per heavy atom. The standard InChI is InChI=1S/C17H11S/c1-2-6-13-12(5-1)11-16-14(13)7-3-8-15(16)17-9-4-10-18-17/h1-11H. The number of hydrogen-bond donors (Lipinski definition) is 0. The predicted octanol–water partition coefficient (Wildman–Crippen LogP) is 5.00. The maximum Gasteiger partial charge on any atom is 0.0345 e.